The molecule has 0 saturated heterocycles. The van der Waals surface area contributed by atoms with Gasteiger partial charge in [-0.1, -0.05) is 24.3 Å². The lowest BCUT2D eigenvalue weighted by Crippen LogP contribution is -2.21. The van der Waals surface area contributed by atoms with Crippen LogP contribution in [0.3, 0.4) is 0 Å². The average molecular weight is 346 g/mol. The predicted octanol–water partition coefficient (Wildman–Crippen LogP) is 3.55. The summed E-state index contributed by atoms with van der Waals surface area (Å²) >= 11 is 0. The molecule has 128 valence electrons. The van der Waals surface area contributed by atoms with Gasteiger partial charge >= 0.3 is 0 Å². The number of hydrogen-bond acceptors (Lipinski definition) is 5. The summed E-state index contributed by atoms with van der Waals surface area (Å²) in [4.78, 5) is 25.6. The first kappa shape index (κ1) is 15.9. The van der Waals surface area contributed by atoms with E-state index in [1.807, 2.05) is 0 Å². The standard InChI is InChI=1S/C21H14O5/c1-26-12-7-5-11(6-8-12)13-9-10-15-18(19(13)23)21(25)14-3-2-4-16(22)17(14)20(15)24/h2-10,22-23H,1H3. The van der Waals surface area contributed by atoms with Gasteiger partial charge in [-0.15, -0.1) is 0 Å². The van der Waals surface area contributed by atoms with Crippen LogP contribution in [0.1, 0.15) is 31.8 Å². The SMILES string of the molecule is COc1ccc(-c2ccc3c(c2O)C(=O)c2cccc(O)c2C3=O)cc1. The fraction of sp³-hybridized carbons (Fsp3) is 0.0476. The highest BCUT2D eigenvalue weighted by atomic mass is 16.5. The Balaban J connectivity index is 1.91. The van der Waals surface area contributed by atoms with Crippen LogP contribution in [0.5, 0.6) is 17.2 Å². The molecule has 0 radical (unpaired) electrons. The minimum absolute atomic E-state index is 0.0263. The summed E-state index contributed by atoms with van der Waals surface area (Å²) in [7, 11) is 1.56. The molecule has 0 atom stereocenters. The van der Waals surface area contributed by atoms with Gasteiger partial charge in [0.2, 0.25) is 0 Å². The lowest BCUT2D eigenvalue weighted by atomic mass is 9.81. The fourth-order valence-electron chi connectivity index (χ4n) is 3.25. The molecule has 0 saturated carbocycles. The number of carbonyl (C=O) groups excluding carboxylic acids is 2. The Kier molecular flexibility index (Phi) is 3.51. The monoisotopic (exact) mass is 346 g/mol. The van der Waals surface area contributed by atoms with E-state index in [0.29, 0.717) is 16.9 Å². The van der Waals surface area contributed by atoms with Gasteiger partial charge < -0.3 is 14.9 Å². The molecule has 5 heteroatoms. The summed E-state index contributed by atoms with van der Waals surface area (Å²) in [6.45, 7) is 0. The number of methoxy groups -OCH3 is 1. The third-order valence-corrected chi connectivity index (χ3v) is 4.56. The van der Waals surface area contributed by atoms with Gasteiger partial charge in [-0.05, 0) is 35.9 Å². The highest BCUT2D eigenvalue weighted by molar-refractivity contribution is 6.30. The van der Waals surface area contributed by atoms with Crippen molar-refractivity contribution in [2.75, 3.05) is 7.11 Å². The molecule has 4 rings (SSSR count). The van der Waals surface area contributed by atoms with Gasteiger partial charge in [-0.2, -0.15) is 0 Å². The number of aromatic hydroxyl groups is 2. The summed E-state index contributed by atoms with van der Waals surface area (Å²) in [6.07, 6.45) is 0. The van der Waals surface area contributed by atoms with Crippen molar-refractivity contribution in [2.24, 2.45) is 0 Å². The van der Waals surface area contributed by atoms with E-state index in [4.69, 9.17) is 4.74 Å². The number of carbonyl (C=O) groups is 2. The van der Waals surface area contributed by atoms with Crippen LogP contribution >= 0.6 is 0 Å². The summed E-state index contributed by atoms with van der Waals surface area (Å²) in [5.41, 5.74) is 1.23. The second-order valence-corrected chi connectivity index (χ2v) is 5.97. The highest BCUT2D eigenvalue weighted by Crippen LogP contribution is 2.41. The van der Waals surface area contributed by atoms with Crippen LogP contribution in [0.2, 0.25) is 0 Å². The quantitative estimate of drug-likeness (QED) is 0.580. The van der Waals surface area contributed by atoms with Crippen molar-refractivity contribution in [3.8, 4) is 28.4 Å². The lowest BCUT2D eigenvalue weighted by Gasteiger charge is -2.20. The number of ketones is 2. The predicted molar refractivity (Wildman–Crippen MR) is 95.1 cm³/mol. The number of phenols is 2. The molecule has 0 unspecified atom stereocenters. The molecular formula is C21H14O5. The summed E-state index contributed by atoms with van der Waals surface area (Å²) < 4.78 is 5.12. The van der Waals surface area contributed by atoms with Crippen molar-refractivity contribution in [2.45, 2.75) is 0 Å². The topological polar surface area (TPSA) is 83.8 Å². The van der Waals surface area contributed by atoms with Crippen LogP contribution in [0.4, 0.5) is 0 Å². The van der Waals surface area contributed by atoms with Gasteiger partial charge in [-0.3, -0.25) is 9.59 Å². The average Bonchev–Trinajstić information content (AvgIpc) is 2.66. The normalized spacial score (nSPS) is 12.5. The Hall–Kier alpha value is -3.60. The van der Waals surface area contributed by atoms with Gasteiger partial charge in [0.15, 0.2) is 11.6 Å². The zero-order valence-corrected chi connectivity index (χ0v) is 13.8. The van der Waals surface area contributed by atoms with E-state index in [0.717, 1.165) is 0 Å². The molecule has 5 nitrogen and oxygen atoms in total. The maximum Gasteiger partial charge on any atom is 0.198 e. The van der Waals surface area contributed by atoms with Crippen molar-refractivity contribution in [1.29, 1.82) is 0 Å². The third kappa shape index (κ3) is 2.18. The summed E-state index contributed by atoms with van der Waals surface area (Å²) in [5.74, 6) is -0.797. The largest absolute Gasteiger partial charge is 0.507 e. The Morgan fingerprint density at radius 2 is 1.35 bits per heavy atom. The van der Waals surface area contributed by atoms with Gasteiger partial charge in [0.25, 0.3) is 0 Å². The van der Waals surface area contributed by atoms with Crippen LogP contribution in [0, 0.1) is 0 Å². The van der Waals surface area contributed by atoms with Crippen LogP contribution < -0.4 is 4.74 Å². The molecule has 0 spiro atoms. The van der Waals surface area contributed by atoms with Gasteiger partial charge in [0.05, 0.1) is 18.2 Å². The zero-order valence-electron chi connectivity index (χ0n) is 13.8. The molecule has 0 fully saturated rings. The Bertz CT molecular complexity index is 1060. The highest BCUT2D eigenvalue weighted by Gasteiger charge is 2.34. The molecule has 0 heterocycles. The number of ether oxygens (including phenoxy) is 1. The molecule has 3 aromatic rings. The third-order valence-electron chi connectivity index (χ3n) is 4.56. The molecule has 1 aliphatic carbocycles. The second-order valence-electron chi connectivity index (χ2n) is 5.97. The minimum atomic E-state index is -0.488. The Morgan fingerprint density at radius 1 is 0.731 bits per heavy atom. The van der Waals surface area contributed by atoms with Gasteiger partial charge in [0.1, 0.15) is 17.2 Å². The number of phenolic OH excluding ortho intramolecular Hbond substituents is 2. The van der Waals surface area contributed by atoms with Crippen LogP contribution in [0.25, 0.3) is 11.1 Å². The van der Waals surface area contributed by atoms with Crippen molar-refractivity contribution >= 4 is 11.6 Å². The van der Waals surface area contributed by atoms with Crippen LogP contribution in [-0.2, 0) is 0 Å². The van der Waals surface area contributed by atoms with E-state index in [1.54, 1.807) is 37.4 Å². The first-order valence-electron chi connectivity index (χ1n) is 7.94. The number of rotatable bonds is 2. The smallest absolute Gasteiger partial charge is 0.198 e. The molecule has 0 amide bonds. The molecular weight excluding hydrogens is 332 g/mol. The van der Waals surface area contributed by atoms with Crippen LogP contribution in [-0.4, -0.2) is 28.9 Å². The van der Waals surface area contributed by atoms with Gasteiger partial charge in [-0.25, -0.2) is 0 Å². The van der Waals surface area contributed by atoms with E-state index < -0.39 is 11.6 Å². The first-order chi connectivity index (χ1) is 12.5. The van der Waals surface area contributed by atoms with E-state index in [2.05, 4.69) is 0 Å². The maximum absolute atomic E-state index is 12.9. The molecule has 0 bridgehead atoms. The van der Waals surface area contributed by atoms with Gasteiger partial charge in [0, 0.05) is 16.7 Å². The number of hydrogen-bond donors (Lipinski definition) is 2. The minimum Gasteiger partial charge on any atom is -0.507 e. The van der Waals surface area contributed by atoms with Crippen molar-refractivity contribution in [1.82, 2.24) is 0 Å². The molecule has 2 N–H and O–H groups in total. The molecule has 3 aromatic carbocycles. The Morgan fingerprint density at radius 3 is 2.04 bits per heavy atom. The summed E-state index contributed by atoms with van der Waals surface area (Å²) in [5, 5.41) is 20.7. The second kappa shape index (κ2) is 5.74. The molecule has 0 aromatic heterocycles. The molecule has 0 aliphatic heterocycles. The van der Waals surface area contributed by atoms with E-state index in [1.165, 1.54) is 24.3 Å². The van der Waals surface area contributed by atoms with E-state index >= 15 is 0 Å². The number of benzene rings is 3. The maximum atomic E-state index is 12.9. The van der Waals surface area contributed by atoms with Crippen LogP contribution in [0.15, 0.2) is 54.6 Å². The van der Waals surface area contributed by atoms with E-state index in [9.17, 15) is 19.8 Å². The fourth-order valence-corrected chi connectivity index (χ4v) is 3.25. The molecule has 26 heavy (non-hydrogen) atoms. The lowest BCUT2D eigenvalue weighted by molar-refractivity contribution is 0.0974. The number of fused-ring (bicyclic) bond motifs is 2. The van der Waals surface area contributed by atoms with Crippen molar-refractivity contribution in [3.05, 3.63) is 76.9 Å². The summed E-state index contributed by atoms with van der Waals surface area (Å²) in [6, 6.07) is 14.4. The van der Waals surface area contributed by atoms with Crippen molar-refractivity contribution < 1.29 is 24.5 Å². The molecule has 1 aliphatic rings. The Labute approximate surface area is 149 Å². The first-order valence-corrected chi connectivity index (χ1v) is 7.94. The van der Waals surface area contributed by atoms with E-state index in [-0.39, 0.29) is 33.8 Å². The zero-order chi connectivity index (χ0) is 18.4. The van der Waals surface area contributed by atoms with Crippen molar-refractivity contribution in [3.63, 3.8) is 0 Å².